The number of hydrogen-bond donors (Lipinski definition) is 0. The van der Waals surface area contributed by atoms with Gasteiger partial charge >= 0.3 is 7.95 Å². The first-order valence-corrected chi connectivity index (χ1v) is 10.4. The van der Waals surface area contributed by atoms with Gasteiger partial charge in [0.1, 0.15) is 5.78 Å². The normalized spacial score (nSPS) is 11.8. The summed E-state index contributed by atoms with van der Waals surface area (Å²) in [6.45, 7) is 2.19. The van der Waals surface area contributed by atoms with Crippen LogP contribution in [-0.4, -0.2) is 40.8 Å². The summed E-state index contributed by atoms with van der Waals surface area (Å²) in [4.78, 5) is 11.7. The molecule has 0 radical (unpaired) electrons. The molecule has 0 fully saturated rings. The van der Waals surface area contributed by atoms with Gasteiger partial charge in [-0.1, -0.05) is 43.8 Å². The number of unbranched alkanes of at least 4 members (excludes halogenated alkanes) is 4. The van der Waals surface area contributed by atoms with Crippen LogP contribution in [0.15, 0.2) is 0 Å². The molecule has 6 heteroatoms. The Kier molecular flexibility index (Phi) is 12.0. The van der Waals surface area contributed by atoms with Crippen LogP contribution in [0, 0.1) is 0 Å². The first-order chi connectivity index (χ1) is 9.14. The van der Waals surface area contributed by atoms with Gasteiger partial charge in [-0.05, 0) is 6.42 Å². The van der Waals surface area contributed by atoms with Crippen molar-refractivity contribution in [2.45, 2.75) is 51.9 Å². The maximum atomic E-state index is 11.7. The molecule has 0 aromatic carbocycles. The molecule has 0 aliphatic heterocycles. The van der Waals surface area contributed by atoms with Crippen molar-refractivity contribution in [1.82, 2.24) is 0 Å². The highest BCUT2D eigenvalue weighted by Crippen LogP contribution is 2.23. The molecule has 0 aliphatic rings. The lowest BCUT2D eigenvalue weighted by molar-refractivity contribution is -0.118. The second kappa shape index (κ2) is 11.9. The van der Waals surface area contributed by atoms with Crippen molar-refractivity contribution in [3.05, 3.63) is 0 Å². The van der Waals surface area contributed by atoms with Gasteiger partial charge in [0, 0.05) is 39.9 Å². The minimum Gasteiger partial charge on any atom is -0.369 e. The molecule has 0 atom stereocenters. The molecular weight excluding hydrogens is 280 g/mol. The van der Waals surface area contributed by atoms with Gasteiger partial charge in [-0.25, -0.2) is 0 Å². The van der Waals surface area contributed by atoms with Crippen LogP contribution in [0.25, 0.3) is 0 Å². The average molecular weight is 309 g/mol. The van der Waals surface area contributed by atoms with Gasteiger partial charge in [-0.3, -0.25) is 4.79 Å². The molecular formula is C13H28O4SSi. The van der Waals surface area contributed by atoms with Crippen molar-refractivity contribution in [2.75, 3.05) is 27.1 Å². The lowest BCUT2D eigenvalue weighted by Crippen LogP contribution is -2.39. The fourth-order valence-corrected chi connectivity index (χ4v) is 5.32. The third-order valence-corrected chi connectivity index (χ3v) is 8.40. The summed E-state index contributed by atoms with van der Waals surface area (Å²) < 4.78 is 15.9. The largest absolute Gasteiger partial charge is 0.572 e. The van der Waals surface area contributed by atoms with Crippen LogP contribution in [-0.2, 0) is 18.1 Å². The Balaban J connectivity index is 3.67. The zero-order valence-electron chi connectivity index (χ0n) is 12.7. The minimum atomic E-state index is -2.57. The van der Waals surface area contributed by atoms with Crippen molar-refractivity contribution in [1.29, 1.82) is 0 Å². The molecule has 0 rings (SSSR count). The predicted molar refractivity (Wildman–Crippen MR) is 82.2 cm³/mol. The summed E-state index contributed by atoms with van der Waals surface area (Å²) in [5.41, 5.74) is 0. The van der Waals surface area contributed by atoms with Crippen molar-refractivity contribution in [3.8, 4) is 0 Å². The van der Waals surface area contributed by atoms with Gasteiger partial charge in [0.2, 0.25) is 0 Å². The van der Waals surface area contributed by atoms with Crippen LogP contribution in [0.5, 0.6) is 0 Å². The van der Waals surface area contributed by atoms with Crippen molar-refractivity contribution >= 4 is 24.9 Å². The molecule has 4 nitrogen and oxygen atoms in total. The minimum absolute atomic E-state index is 0.329. The standard InChI is InChI=1S/C13H28O4SSi/c1-5-6-7-8-9-10-13(14)11-12-18-19(15-2,16-3)17-4/h5-12H2,1-4H3. The van der Waals surface area contributed by atoms with Gasteiger partial charge in [-0.15, -0.1) is 0 Å². The van der Waals surface area contributed by atoms with E-state index >= 15 is 0 Å². The molecule has 0 saturated carbocycles. The molecule has 0 aromatic heterocycles. The number of Topliss-reactive ketones (excluding diaryl/α,β-unsaturated/α-hetero) is 1. The van der Waals surface area contributed by atoms with Crippen LogP contribution in [0.4, 0.5) is 0 Å². The molecule has 0 aliphatic carbocycles. The van der Waals surface area contributed by atoms with E-state index in [1.807, 2.05) is 0 Å². The van der Waals surface area contributed by atoms with Crippen LogP contribution in [0.2, 0.25) is 0 Å². The van der Waals surface area contributed by atoms with Crippen LogP contribution >= 0.6 is 11.2 Å². The predicted octanol–water partition coefficient (Wildman–Crippen LogP) is 3.41. The Morgan fingerprint density at radius 3 is 2.05 bits per heavy atom. The Morgan fingerprint density at radius 2 is 1.53 bits per heavy atom. The lowest BCUT2D eigenvalue weighted by atomic mass is 10.1. The number of carbonyl (C=O) groups is 1. The summed E-state index contributed by atoms with van der Waals surface area (Å²) in [5.74, 6) is 1.03. The SMILES string of the molecule is CCCCCCCC(=O)CCS[Si](OC)(OC)OC. The van der Waals surface area contributed by atoms with Gasteiger partial charge in [0.15, 0.2) is 0 Å². The summed E-state index contributed by atoms with van der Waals surface area (Å²) >= 11 is 1.50. The van der Waals surface area contributed by atoms with Crippen LogP contribution in [0.1, 0.15) is 51.9 Å². The molecule has 0 heterocycles. The van der Waals surface area contributed by atoms with Gasteiger partial charge in [-0.2, -0.15) is 0 Å². The van der Waals surface area contributed by atoms with Crippen molar-refractivity contribution in [2.24, 2.45) is 0 Å². The van der Waals surface area contributed by atoms with E-state index in [1.54, 1.807) is 21.3 Å². The maximum absolute atomic E-state index is 11.7. The summed E-state index contributed by atoms with van der Waals surface area (Å²) in [6.07, 6.45) is 7.21. The number of ketones is 1. The number of carbonyl (C=O) groups excluding carboxylic acids is 1. The zero-order chi connectivity index (χ0) is 14.6. The number of rotatable bonds is 13. The van der Waals surface area contributed by atoms with E-state index in [0.29, 0.717) is 24.4 Å². The first-order valence-electron chi connectivity index (χ1n) is 6.95. The molecule has 0 spiro atoms. The Labute approximate surface area is 122 Å². The second-order valence-corrected chi connectivity index (χ2v) is 9.70. The van der Waals surface area contributed by atoms with Crippen molar-refractivity contribution in [3.63, 3.8) is 0 Å². The Bertz CT molecular complexity index is 226. The smallest absolute Gasteiger partial charge is 0.369 e. The summed E-state index contributed by atoms with van der Waals surface area (Å²) in [7, 11) is 2.19. The fraction of sp³-hybridized carbons (Fsp3) is 0.923. The molecule has 114 valence electrons. The first kappa shape index (κ1) is 19.1. The highest BCUT2D eigenvalue weighted by molar-refractivity contribution is 8.26. The second-order valence-electron chi connectivity index (χ2n) is 4.41. The molecule has 0 amide bonds. The van der Waals surface area contributed by atoms with Crippen molar-refractivity contribution < 1.29 is 18.1 Å². The number of hydrogen-bond acceptors (Lipinski definition) is 5. The quantitative estimate of drug-likeness (QED) is 0.385. The molecule has 19 heavy (non-hydrogen) atoms. The Hall–Kier alpha value is 0.117. The molecule has 0 bridgehead atoms. The van der Waals surface area contributed by atoms with Crippen LogP contribution < -0.4 is 0 Å². The molecule has 0 saturated heterocycles. The third kappa shape index (κ3) is 8.81. The summed E-state index contributed by atoms with van der Waals surface area (Å²) in [6, 6.07) is 0. The van der Waals surface area contributed by atoms with Gasteiger partial charge in [0.05, 0.1) is 0 Å². The van der Waals surface area contributed by atoms with E-state index in [4.69, 9.17) is 13.3 Å². The molecule has 0 N–H and O–H groups in total. The van der Waals surface area contributed by atoms with E-state index in [9.17, 15) is 4.79 Å². The Morgan fingerprint density at radius 1 is 0.947 bits per heavy atom. The highest BCUT2D eigenvalue weighted by Gasteiger charge is 2.39. The van der Waals surface area contributed by atoms with Gasteiger partial charge in [0.25, 0.3) is 0 Å². The maximum Gasteiger partial charge on any atom is 0.572 e. The van der Waals surface area contributed by atoms with E-state index in [-0.39, 0.29) is 0 Å². The molecule has 0 unspecified atom stereocenters. The topological polar surface area (TPSA) is 44.8 Å². The summed E-state index contributed by atoms with van der Waals surface area (Å²) in [5, 5.41) is 0. The van der Waals surface area contributed by atoms with Gasteiger partial charge < -0.3 is 13.3 Å². The van der Waals surface area contributed by atoms with E-state index in [1.165, 1.54) is 36.9 Å². The molecule has 0 aromatic rings. The van der Waals surface area contributed by atoms with E-state index in [0.717, 1.165) is 6.42 Å². The third-order valence-electron chi connectivity index (χ3n) is 2.97. The highest BCUT2D eigenvalue weighted by atomic mass is 32.4. The fourth-order valence-electron chi connectivity index (χ4n) is 1.77. The lowest BCUT2D eigenvalue weighted by Gasteiger charge is -2.22. The average Bonchev–Trinajstić information content (AvgIpc) is 2.44. The zero-order valence-corrected chi connectivity index (χ0v) is 14.5. The van der Waals surface area contributed by atoms with E-state index in [2.05, 4.69) is 6.92 Å². The van der Waals surface area contributed by atoms with E-state index < -0.39 is 7.95 Å². The van der Waals surface area contributed by atoms with Crippen LogP contribution in [0.3, 0.4) is 0 Å². The monoisotopic (exact) mass is 308 g/mol.